The van der Waals surface area contributed by atoms with Gasteiger partial charge in [0.2, 0.25) is 0 Å². The normalized spacial score (nSPS) is 8.70. The first-order valence-electron chi connectivity index (χ1n) is 23.3. The van der Waals surface area contributed by atoms with Crippen molar-refractivity contribution in [2.75, 3.05) is 39.3 Å². The van der Waals surface area contributed by atoms with Crippen LogP contribution in [-0.2, 0) is 57.5 Å². The molecule has 0 fully saturated rings. The maximum Gasteiger partial charge on any atom is 2.00 e. The van der Waals surface area contributed by atoms with Gasteiger partial charge < -0.3 is 126 Å². The minimum atomic E-state index is 0. The van der Waals surface area contributed by atoms with Gasteiger partial charge >= 0.3 is 71.7 Å². The Morgan fingerprint density at radius 3 is 0.643 bits per heavy atom. The van der Waals surface area contributed by atoms with Crippen LogP contribution in [0.15, 0.2) is 91.0 Å². The standard InChI is InChI=1S/C30H36N4S6.6C4H9.3ClH.3Sn/c35-28(36)32(22-25-10-4-1-5-11-25)19-16-31(17-20-33(29(37)38)23-26-12-6-2-7-13-26)18-21-34(30(39)40)24-27-14-8-3-9-15-27;6*1-3-4-2;;;;;;/h1-15H,16-24H2,(H,35,36)(H,37,38)(H,39,40);6*1,3-4H2,2H3;3*1H;;;/q;;;;;;;;;;3*+2/p-6. The van der Waals surface area contributed by atoms with Crippen LogP contribution in [0.4, 0.5) is 0 Å². The van der Waals surface area contributed by atoms with Gasteiger partial charge in [-0.05, 0) is 16.7 Å². The summed E-state index contributed by atoms with van der Waals surface area (Å²) in [6.07, 6.45) is 13.7. The second kappa shape index (κ2) is 74.5. The molecule has 0 saturated carbocycles. The maximum absolute atomic E-state index is 5.44. The van der Waals surface area contributed by atoms with Gasteiger partial charge in [0.05, 0.1) is 0 Å². The third kappa shape index (κ3) is 65.3. The second-order valence-electron chi connectivity index (χ2n) is 14.5. The summed E-state index contributed by atoms with van der Waals surface area (Å²) in [5.41, 5.74) is 3.53. The fraction of sp³-hybridized carbons (Fsp3) is 0.500. The molecule has 0 aromatic heterocycles. The van der Waals surface area contributed by atoms with Crippen molar-refractivity contribution in [3.63, 3.8) is 0 Å². The quantitative estimate of drug-likeness (QED) is 0.0830. The Hall–Kier alpha value is 1.22. The van der Waals surface area contributed by atoms with E-state index < -0.39 is 0 Å². The molecular formula is C54H87Cl3N4S6Sn3. The van der Waals surface area contributed by atoms with Crippen LogP contribution in [0, 0.1) is 41.5 Å². The summed E-state index contributed by atoms with van der Waals surface area (Å²) in [6, 6.07) is 30.8. The van der Waals surface area contributed by atoms with Crippen molar-refractivity contribution in [2.24, 2.45) is 0 Å². The van der Waals surface area contributed by atoms with Crippen LogP contribution in [0.2, 0.25) is 0 Å². The average Bonchev–Trinajstić information content (AvgIpc) is 3.33. The van der Waals surface area contributed by atoms with Crippen LogP contribution in [0.3, 0.4) is 0 Å². The van der Waals surface area contributed by atoms with Crippen LogP contribution >= 0.6 is 36.7 Å². The third-order valence-corrected chi connectivity index (χ3v) is 10.2. The number of halogens is 3. The van der Waals surface area contributed by atoms with Gasteiger partial charge in [0.25, 0.3) is 0 Å². The van der Waals surface area contributed by atoms with E-state index in [9.17, 15) is 0 Å². The van der Waals surface area contributed by atoms with Gasteiger partial charge in [0.15, 0.2) is 0 Å². The molecule has 0 atom stereocenters. The topological polar surface area (TPSA) is 13.0 Å². The summed E-state index contributed by atoms with van der Waals surface area (Å²) < 4.78 is 1.41. The summed E-state index contributed by atoms with van der Waals surface area (Å²) in [7, 11) is 0. The fourth-order valence-electron chi connectivity index (χ4n) is 4.24. The smallest absolute Gasteiger partial charge is 1.00 e. The van der Waals surface area contributed by atoms with Gasteiger partial charge in [0, 0.05) is 58.9 Å². The molecule has 0 aliphatic carbocycles. The summed E-state index contributed by atoms with van der Waals surface area (Å²) in [5, 5.41) is 0. The van der Waals surface area contributed by atoms with Crippen molar-refractivity contribution in [1.29, 1.82) is 0 Å². The first-order chi connectivity index (χ1) is 30.8. The van der Waals surface area contributed by atoms with Crippen molar-refractivity contribution in [2.45, 2.75) is 138 Å². The van der Waals surface area contributed by atoms with Crippen molar-refractivity contribution in [1.82, 2.24) is 19.6 Å². The Morgan fingerprint density at radius 2 is 0.514 bits per heavy atom. The van der Waals surface area contributed by atoms with Gasteiger partial charge in [-0.2, -0.15) is 0 Å². The molecule has 0 saturated heterocycles. The van der Waals surface area contributed by atoms with Crippen LogP contribution in [0.5, 0.6) is 0 Å². The maximum atomic E-state index is 5.44. The van der Waals surface area contributed by atoms with E-state index in [0.717, 1.165) is 58.2 Å². The van der Waals surface area contributed by atoms with Gasteiger partial charge in [-0.3, -0.25) is 4.90 Å². The number of hydrogen-bond acceptors (Lipinski definition) is 7. The molecule has 0 aliphatic heterocycles. The van der Waals surface area contributed by atoms with E-state index in [1.165, 1.54) is 55.2 Å². The van der Waals surface area contributed by atoms with E-state index in [-0.39, 0.29) is 109 Å². The summed E-state index contributed by atoms with van der Waals surface area (Å²) in [5.74, 6) is 0. The van der Waals surface area contributed by atoms with Gasteiger partial charge in [-0.15, -0.1) is 0 Å². The number of thiocarbonyl (C=S) groups is 3. The number of unbranched alkanes of at least 4 members (excludes halogenated alkanes) is 6. The van der Waals surface area contributed by atoms with E-state index in [2.05, 4.69) is 139 Å². The monoisotopic (exact) mass is 1450 g/mol. The van der Waals surface area contributed by atoms with Crippen molar-refractivity contribution >= 4 is 159 Å². The first kappa shape index (κ1) is 93.7. The van der Waals surface area contributed by atoms with E-state index >= 15 is 0 Å². The first-order valence-corrected chi connectivity index (χ1v) is 25.7. The molecule has 16 heteroatoms. The Bertz CT molecular complexity index is 1240. The molecule has 4 nitrogen and oxygen atoms in total. The molecule has 3 aromatic rings. The molecule has 0 aliphatic rings. The van der Waals surface area contributed by atoms with Crippen molar-refractivity contribution in [3.8, 4) is 0 Å². The van der Waals surface area contributed by atoms with Gasteiger partial charge in [-0.1, -0.05) is 264 Å². The zero-order chi connectivity index (χ0) is 49.2. The molecule has 0 bridgehead atoms. The molecule has 392 valence electrons. The van der Waals surface area contributed by atoms with Crippen LogP contribution in [-0.4, -0.2) is 144 Å². The molecule has 3 rings (SSSR count). The molecule has 0 spiro atoms. The molecule has 0 N–H and O–H groups in total. The zero-order valence-electron chi connectivity index (χ0n) is 43.6. The molecule has 70 heavy (non-hydrogen) atoms. The third-order valence-electron chi connectivity index (χ3n) is 8.60. The Labute approximate surface area is 536 Å². The predicted octanol–water partition coefficient (Wildman–Crippen LogP) is 4.88. The summed E-state index contributed by atoms with van der Waals surface area (Å²) in [4.78, 5) is 8.62. The van der Waals surface area contributed by atoms with Crippen LogP contribution < -0.4 is 37.2 Å². The van der Waals surface area contributed by atoms with Gasteiger partial charge in [-0.25, -0.2) is 0 Å². The molecular weight excluding hydrogens is 1360 g/mol. The minimum Gasteiger partial charge on any atom is -1.00 e. The van der Waals surface area contributed by atoms with Crippen LogP contribution in [0.25, 0.3) is 0 Å². The minimum absolute atomic E-state index is 0. The molecule has 0 unspecified atom stereocenters. The van der Waals surface area contributed by atoms with Crippen molar-refractivity contribution in [3.05, 3.63) is 149 Å². The zero-order valence-corrected chi connectivity index (χ0v) is 59.4. The van der Waals surface area contributed by atoms with E-state index in [1.807, 2.05) is 54.6 Å². The average molecular weight is 1450 g/mol. The molecule has 3 aromatic carbocycles. The number of benzene rings is 3. The van der Waals surface area contributed by atoms with Gasteiger partial charge in [0.1, 0.15) is 0 Å². The van der Waals surface area contributed by atoms with E-state index in [0.29, 0.717) is 52.2 Å². The summed E-state index contributed by atoms with van der Waals surface area (Å²) in [6.45, 7) is 40.8. The number of nitrogens with zero attached hydrogens (tertiary/aromatic N) is 4. The second-order valence-corrected chi connectivity index (χ2v) is 17.6. The Kier molecular flexibility index (Phi) is 99.7. The van der Waals surface area contributed by atoms with E-state index in [1.54, 1.807) is 0 Å². The van der Waals surface area contributed by atoms with E-state index in [4.69, 9.17) is 74.5 Å². The largest absolute Gasteiger partial charge is 2.00 e. The SMILES string of the molecule is S=C([S-])N(CCN(CCN(Cc1ccccc1)C(=S)[S-])CCN(Cc1ccccc1)C(=S)[S-])Cc1ccccc1.[CH2]CCC.[CH2]CCC.[CH2]CCC.[CH2]CCC.[CH2]CCC.[CH2]CCC.[Cl-].[Cl-].[Cl-].[Sn+2].[Sn+2].[Sn+2]. The Balaban J connectivity index is -0.000000125. The molecule has 0 amide bonds. The van der Waals surface area contributed by atoms with Crippen LogP contribution in [0.1, 0.15) is 135 Å². The predicted molar refractivity (Wildman–Crippen MR) is 326 cm³/mol. The molecule has 0 heterocycles. The Morgan fingerprint density at radius 1 is 0.357 bits per heavy atom. The number of rotatable bonds is 21. The fourth-order valence-corrected chi connectivity index (χ4v) is 5.17. The van der Waals surface area contributed by atoms with Crippen molar-refractivity contribution < 1.29 is 37.2 Å². The number of hydrogen-bond donors (Lipinski definition) is 0. The summed E-state index contributed by atoms with van der Waals surface area (Å²) >= 11 is 32.6. The molecule has 12 radical (unpaired) electrons.